The van der Waals surface area contributed by atoms with Gasteiger partial charge in [0.1, 0.15) is 6.33 Å². The molecule has 1 saturated heterocycles. The van der Waals surface area contributed by atoms with E-state index < -0.39 is 0 Å². The molecular weight excluding hydrogens is 278 g/mol. The van der Waals surface area contributed by atoms with Gasteiger partial charge in [0.05, 0.1) is 13.2 Å². The first kappa shape index (κ1) is 15.4. The third-order valence-corrected chi connectivity index (χ3v) is 4.71. The van der Waals surface area contributed by atoms with Gasteiger partial charge < -0.3 is 9.64 Å². The standard InChI is InChI=1S/C17H25N3O2/c1-13-8-16(19-12-18-13)9-14-10-20(6-7-22-11-14)17(21)15-4-2-3-5-15/h8,12,14-15H,2-7,9-11H2,1H3. The number of aromatic nitrogens is 2. The molecule has 0 N–H and O–H groups in total. The van der Waals surface area contributed by atoms with Gasteiger partial charge in [0.2, 0.25) is 5.91 Å². The molecule has 5 nitrogen and oxygen atoms in total. The van der Waals surface area contributed by atoms with E-state index in [4.69, 9.17) is 4.74 Å². The zero-order chi connectivity index (χ0) is 15.4. The molecule has 1 aromatic rings. The summed E-state index contributed by atoms with van der Waals surface area (Å²) in [5.74, 6) is 0.911. The van der Waals surface area contributed by atoms with Crippen LogP contribution in [0.1, 0.15) is 37.1 Å². The number of aryl methyl sites for hydroxylation is 1. The summed E-state index contributed by atoms with van der Waals surface area (Å²) in [4.78, 5) is 23.2. The van der Waals surface area contributed by atoms with Gasteiger partial charge in [0.15, 0.2) is 0 Å². The van der Waals surface area contributed by atoms with Crippen LogP contribution in [0, 0.1) is 18.8 Å². The second-order valence-corrected chi connectivity index (χ2v) is 6.56. The summed E-state index contributed by atoms with van der Waals surface area (Å²) >= 11 is 0. The fourth-order valence-electron chi connectivity index (χ4n) is 3.55. The Morgan fingerprint density at radius 1 is 1.36 bits per heavy atom. The van der Waals surface area contributed by atoms with Gasteiger partial charge in [-0.3, -0.25) is 4.79 Å². The summed E-state index contributed by atoms with van der Waals surface area (Å²) in [5, 5.41) is 0. The predicted octanol–water partition coefficient (Wildman–Crippen LogP) is 1.99. The Morgan fingerprint density at radius 3 is 2.95 bits per heavy atom. The molecule has 2 aliphatic rings. The van der Waals surface area contributed by atoms with Crippen LogP contribution in [0.3, 0.4) is 0 Å². The first-order valence-electron chi connectivity index (χ1n) is 8.36. The van der Waals surface area contributed by atoms with Crippen molar-refractivity contribution in [3.05, 3.63) is 23.8 Å². The molecule has 1 aliphatic heterocycles. The highest BCUT2D eigenvalue weighted by Gasteiger charge is 2.30. The van der Waals surface area contributed by atoms with Crippen molar-refractivity contribution in [3.8, 4) is 0 Å². The summed E-state index contributed by atoms with van der Waals surface area (Å²) in [5.41, 5.74) is 2.02. The molecule has 1 unspecified atom stereocenters. The van der Waals surface area contributed by atoms with E-state index in [1.807, 2.05) is 17.9 Å². The Morgan fingerprint density at radius 2 is 2.18 bits per heavy atom. The van der Waals surface area contributed by atoms with E-state index in [1.54, 1.807) is 6.33 Å². The van der Waals surface area contributed by atoms with Gasteiger partial charge in [-0.2, -0.15) is 0 Å². The Balaban J connectivity index is 1.63. The highest BCUT2D eigenvalue weighted by atomic mass is 16.5. The van der Waals surface area contributed by atoms with Crippen molar-refractivity contribution in [2.24, 2.45) is 11.8 Å². The molecule has 0 spiro atoms. The fraction of sp³-hybridized carbons (Fsp3) is 0.706. The highest BCUT2D eigenvalue weighted by molar-refractivity contribution is 5.79. The van der Waals surface area contributed by atoms with Crippen LogP contribution in [0.4, 0.5) is 0 Å². The van der Waals surface area contributed by atoms with E-state index in [-0.39, 0.29) is 5.92 Å². The number of rotatable bonds is 3. The molecule has 1 amide bonds. The first-order chi connectivity index (χ1) is 10.7. The number of carbonyl (C=O) groups is 1. The summed E-state index contributed by atoms with van der Waals surface area (Å²) in [6, 6.07) is 2.02. The smallest absolute Gasteiger partial charge is 0.225 e. The van der Waals surface area contributed by atoms with Crippen molar-refractivity contribution in [1.82, 2.24) is 14.9 Å². The lowest BCUT2D eigenvalue weighted by Crippen LogP contribution is -2.39. The number of carbonyl (C=O) groups excluding carboxylic acids is 1. The van der Waals surface area contributed by atoms with E-state index in [0.29, 0.717) is 25.0 Å². The average Bonchev–Trinajstić information content (AvgIpc) is 2.94. The van der Waals surface area contributed by atoms with Crippen LogP contribution in [0.2, 0.25) is 0 Å². The maximum atomic E-state index is 12.7. The van der Waals surface area contributed by atoms with Gasteiger partial charge in [-0.15, -0.1) is 0 Å². The molecule has 22 heavy (non-hydrogen) atoms. The van der Waals surface area contributed by atoms with Crippen LogP contribution in [-0.2, 0) is 16.0 Å². The van der Waals surface area contributed by atoms with Crippen molar-refractivity contribution in [2.45, 2.75) is 39.0 Å². The molecule has 0 aromatic carbocycles. The van der Waals surface area contributed by atoms with Gasteiger partial charge in [-0.05, 0) is 32.3 Å². The molecular formula is C17H25N3O2. The lowest BCUT2D eigenvalue weighted by atomic mass is 10.0. The van der Waals surface area contributed by atoms with Crippen LogP contribution in [0.25, 0.3) is 0 Å². The monoisotopic (exact) mass is 303 g/mol. The van der Waals surface area contributed by atoms with Crippen molar-refractivity contribution in [3.63, 3.8) is 0 Å². The quantitative estimate of drug-likeness (QED) is 0.857. The van der Waals surface area contributed by atoms with Crippen molar-refractivity contribution >= 4 is 5.91 Å². The van der Waals surface area contributed by atoms with Crippen LogP contribution in [-0.4, -0.2) is 47.1 Å². The summed E-state index contributed by atoms with van der Waals surface area (Å²) in [6.07, 6.45) is 6.98. The maximum Gasteiger partial charge on any atom is 0.225 e. The number of nitrogens with zero attached hydrogens (tertiary/aromatic N) is 3. The zero-order valence-corrected chi connectivity index (χ0v) is 13.3. The molecule has 0 bridgehead atoms. The summed E-state index contributed by atoms with van der Waals surface area (Å²) in [7, 11) is 0. The van der Waals surface area contributed by atoms with E-state index in [9.17, 15) is 4.79 Å². The van der Waals surface area contributed by atoms with Crippen molar-refractivity contribution < 1.29 is 9.53 Å². The minimum Gasteiger partial charge on any atom is -0.379 e. The van der Waals surface area contributed by atoms with Gasteiger partial charge in [-0.25, -0.2) is 9.97 Å². The Hall–Kier alpha value is -1.49. The van der Waals surface area contributed by atoms with Crippen LogP contribution < -0.4 is 0 Å². The number of hydrogen-bond acceptors (Lipinski definition) is 4. The van der Waals surface area contributed by atoms with Gasteiger partial charge in [-0.1, -0.05) is 12.8 Å². The van der Waals surface area contributed by atoms with Crippen LogP contribution in [0.15, 0.2) is 12.4 Å². The molecule has 1 aromatic heterocycles. The van der Waals surface area contributed by atoms with Crippen molar-refractivity contribution in [1.29, 1.82) is 0 Å². The zero-order valence-electron chi connectivity index (χ0n) is 13.3. The SMILES string of the molecule is Cc1cc(CC2COCCN(C(=O)C3CCCC3)C2)ncn1. The molecule has 1 aliphatic carbocycles. The second-order valence-electron chi connectivity index (χ2n) is 6.56. The van der Waals surface area contributed by atoms with E-state index in [0.717, 1.165) is 43.7 Å². The largest absolute Gasteiger partial charge is 0.379 e. The number of ether oxygens (including phenoxy) is 1. The van der Waals surface area contributed by atoms with Crippen molar-refractivity contribution in [2.75, 3.05) is 26.3 Å². The number of amides is 1. The minimum absolute atomic E-state index is 0.250. The lowest BCUT2D eigenvalue weighted by molar-refractivity contribution is -0.135. The van der Waals surface area contributed by atoms with Crippen LogP contribution in [0.5, 0.6) is 0 Å². The lowest BCUT2D eigenvalue weighted by Gasteiger charge is -2.26. The van der Waals surface area contributed by atoms with Crippen LogP contribution >= 0.6 is 0 Å². The third kappa shape index (κ3) is 3.83. The minimum atomic E-state index is 0.250. The Kier molecular flexibility index (Phi) is 5.03. The molecule has 2 heterocycles. The molecule has 2 fully saturated rings. The average molecular weight is 303 g/mol. The maximum absolute atomic E-state index is 12.7. The topological polar surface area (TPSA) is 55.3 Å². The second kappa shape index (κ2) is 7.18. The van der Waals surface area contributed by atoms with Gasteiger partial charge in [0, 0.05) is 36.3 Å². The Bertz CT molecular complexity index is 514. The molecule has 5 heteroatoms. The van der Waals surface area contributed by atoms with Gasteiger partial charge in [0.25, 0.3) is 0 Å². The Labute approximate surface area is 132 Å². The molecule has 120 valence electrons. The molecule has 1 saturated carbocycles. The van der Waals surface area contributed by atoms with E-state index >= 15 is 0 Å². The molecule has 3 rings (SSSR count). The molecule has 0 radical (unpaired) electrons. The first-order valence-corrected chi connectivity index (χ1v) is 8.36. The predicted molar refractivity (Wildman–Crippen MR) is 83.3 cm³/mol. The summed E-state index contributed by atoms with van der Waals surface area (Å²) in [6.45, 7) is 4.85. The molecule has 1 atom stereocenters. The van der Waals surface area contributed by atoms with Gasteiger partial charge >= 0.3 is 0 Å². The third-order valence-electron chi connectivity index (χ3n) is 4.71. The summed E-state index contributed by atoms with van der Waals surface area (Å²) < 4.78 is 5.72. The number of hydrogen-bond donors (Lipinski definition) is 0. The fourth-order valence-corrected chi connectivity index (χ4v) is 3.55. The van der Waals surface area contributed by atoms with E-state index in [1.165, 1.54) is 12.8 Å². The normalized spacial score (nSPS) is 23.5. The van der Waals surface area contributed by atoms with E-state index in [2.05, 4.69) is 9.97 Å². The highest BCUT2D eigenvalue weighted by Crippen LogP contribution is 2.27.